The zero-order valence-electron chi connectivity index (χ0n) is 9.58. The fourth-order valence-corrected chi connectivity index (χ4v) is 1.90. The number of amides is 1. The first-order chi connectivity index (χ1) is 6.41. The summed E-state index contributed by atoms with van der Waals surface area (Å²) in [4.78, 5) is 11.2. The van der Waals surface area contributed by atoms with Crippen LogP contribution in [0.25, 0.3) is 0 Å². The largest absolute Gasteiger partial charge is 0.347 e. The lowest BCUT2D eigenvalue weighted by Crippen LogP contribution is -2.52. The van der Waals surface area contributed by atoms with Crippen LogP contribution in [0, 0.1) is 0 Å². The second kappa shape index (κ2) is 6.15. The minimum Gasteiger partial charge on any atom is -0.347 e. The zero-order chi connectivity index (χ0) is 11.2. The van der Waals surface area contributed by atoms with Gasteiger partial charge >= 0.3 is 0 Å². The summed E-state index contributed by atoms with van der Waals surface area (Å²) in [5.41, 5.74) is 0. The predicted molar refractivity (Wildman–Crippen MR) is 64.2 cm³/mol. The number of hydrogen-bond acceptors (Lipinski definition) is 1. The van der Waals surface area contributed by atoms with Gasteiger partial charge in [0.05, 0.1) is 27.7 Å². The fourth-order valence-electron chi connectivity index (χ4n) is 1.10. The molecule has 0 aliphatic carbocycles. The molecule has 1 N–H and O–H groups in total. The van der Waals surface area contributed by atoms with Crippen LogP contribution in [0.5, 0.6) is 0 Å². The Labute approximate surface area is 89.3 Å². The van der Waals surface area contributed by atoms with Crippen LogP contribution in [-0.2, 0) is 4.79 Å². The molecule has 0 aromatic carbocycles. The second-order valence-electron chi connectivity index (χ2n) is 4.25. The summed E-state index contributed by atoms with van der Waals surface area (Å²) >= 11 is 0. The van der Waals surface area contributed by atoms with Crippen molar-refractivity contribution in [3.05, 3.63) is 12.2 Å². The molecule has 0 saturated heterocycles. The topological polar surface area (TPSA) is 29.1 Å². The Morgan fingerprint density at radius 2 is 2.07 bits per heavy atom. The maximum Gasteiger partial charge on any atom is 0.243 e. The summed E-state index contributed by atoms with van der Waals surface area (Å²) in [7, 11) is 9.14. The van der Waals surface area contributed by atoms with E-state index in [0.717, 1.165) is 17.2 Å². The van der Waals surface area contributed by atoms with E-state index in [1.54, 1.807) is 12.2 Å². The smallest absolute Gasteiger partial charge is 0.243 e. The zero-order valence-corrected chi connectivity index (χ0v) is 10.7. The van der Waals surface area contributed by atoms with Crippen molar-refractivity contribution in [1.29, 1.82) is 0 Å². The Morgan fingerprint density at radius 1 is 1.50 bits per heavy atom. The van der Waals surface area contributed by atoms with Gasteiger partial charge in [-0.2, -0.15) is 0 Å². The highest BCUT2D eigenvalue weighted by molar-refractivity contribution is 7.16. The highest BCUT2D eigenvalue weighted by Crippen LogP contribution is 2.05. The van der Waals surface area contributed by atoms with Crippen LogP contribution in [0.3, 0.4) is 0 Å². The van der Waals surface area contributed by atoms with Gasteiger partial charge in [0, 0.05) is 6.16 Å². The molecule has 1 amide bonds. The van der Waals surface area contributed by atoms with E-state index in [-0.39, 0.29) is 5.91 Å². The van der Waals surface area contributed by atoms with E-state index in [4.69, 9.17) is 0 Å². The molecule has 0 heterocycles. The van der Waals surface area contributed by atoms with Crippen LogP contribution in [0.15, 0.2) is 12.2 Å². The number of quaternary nitrogens is 1. The molecule has 0 saturated carbocycles. The lowest BCUT2D eigenvalue weighted by Gasteiger charge is -2.33. The minimum absolute atomic E-state index is 0.00981. The summed E-state index contributed by atoms with van der Waals surface area (Å²) < 4.78 is 0.861. The predicted octanol–water partition coefficient (Wildman–Crippen LogP) is 0.629. The summed E-state index contributed by atoms with van der Waals surface area (Å²) in [5.74, 6) is -0.00981. The van der Waals surface area contributed by atoms with Crippen molar-refractivity contribution >= 4 is 15.1 Å². The average molecular weight is 217 g/mol. The van der Waals surface area contributed by atoms with E-state index in [1.807, 2.05) is 6.92 Å². The molecule has 0 aromatic heterocycles. The Kier molecular flexibility index (Phi) is 5.98. The molecule has 0 aliphatic heterocycles. The number of nitrogens with zero attached hydrogens (tertiary/aromatic N) is 1. The van der Waals surface area contributed by atoms with Crippen molar-refractivity contribution in [2.75, 3.05) is 33.8 Å². The fraction of sp³-hybridized carbons (Fsp3) is 0.700. The molecule has 2 atom stereocenters. The van der Waals surface area contributed by atoms with Gasteiger partial charge in [0.1, 0.15) is 6.04 Å². The van der Waals surface area contributed by atoms with Gasteiger partial charge in [-0.25, -0.2) is 0 Å². The van der Waals surface area contributed by atoms with Crippen LogP contribution in [0.4, 0.5) is 0 Å². The van der Waals surface area contributed by atoms with Crippen LogP contribution in [0.2, 0.25) is 0 Å². The summed E-state index contributed by atoms with van der Waals surface area (Å²) in [6.45, 7) is 2.56. The molecule has 14 heavy (non-hydrogen) atoms. The monoisotopic (exact) mass is 217 g/mol. The minimum atomic E-state index is -0.00981. The standard InChI is InChI=1S/C10H21N2OP/c1-5-6-10(13)11-7-9(8-14)12(2,3)4/h5-6,9H,7-8,14H2,1-4H3/p+1. The Morgan fingerprint density at radius 3 is 2.43 bits per heavy atom. The van der Waals surface area contributed by atoms with Crippen molar-refractivity contribution in [2.24, 2.45) is 0 Å². The van der Waals surface area contributed by atoms with Crippen molar-refractivity contribution in [2.45, 2.75) is 13.0 Å². The summed E-state index contributed by atoms with van der Waals surface area (Å²) in [5, 5.41) is 2.89. The highest BCUT2D eigenvalue weighted by Gasteiger charge is 2.21. The van der Waals surface area contributed by atoms with Gasteiger partial charge in [0.15, 0.2) is 0 Å². The SMILES string of the molecule is CC=CC(=O)NCC(CP)[N+](C)(C)C. The quantitative estimate of drug-likeness (QED) is 0.408. The number of likely N-dealkylation sites (N-methyl/N-ethyl adjacent to an activating group) is 1. The van der Waals surface area contributed by atoms with Crippen LogP contribution >= 0.6 is 9.24 Å². The van der Waals surface area contributed by atoms with Crippen molar-refractivity contribution in [3.63, 3.8) is 0 Å². The van der Waals surface area contributed by atoms with Gasteiger partial charge in [-0.1, -0.05) is 6.08 Å². The van der Waals surface area contributed by atoms with E-state index >= 15 is 0 Å². The Hall–Kier alpha value is -0.400. The van der Waals surface area contributed by atoms with Gasteiger partial charge in [0.25, 0.3) is 0 Å². The third kappa shape index (κ3) is 5.36. The van der Waals surface area contributed by atoms with Crippen LogP contribution in [0.1, 0.15) is 6.92 Å². The first kappa shape index (κ1) is 13.6. The third-order valence-electron chi connectivity index (χ3n) is 2.20. The first-order valence-electron chi connectivity index (χ1n) is 4.83. The molecule has 2 unspecified atom stereocenters. The average Bonchev–Trinajstić information content (AvgIpc) is 2.03. The lowest BCUT2D eigenvalue weighted by molar-refractivity contribution is -0.891. The number of carbonyl (C=O) groups excluding carboxylic acids is 1. The maximum atomic E-state index is 11.2. The maximum absolute atomic E-state index is 11.2. The van der Waals surface area contributed by atoms with Gasteiger partial charge in [-0.05, 0) is 13.0 Å². The normalized spacial score (nSPS) is 14.4. The number of hydrogen-bond donors (Lipinski definition) is 1. The van der Waals surface area contributed by atoms with E-state index in [0.29, 0.717) is 6.04 Å². The van der Waals surface area contributed by atoms with Crippen LogP contribution in [-0.4, -0.2) is 50.3 Å². The molecule has 82 valence electrons. The van der Waals surface area contributed by atoms with Gasteiger partial charge in [-0.3, -0.25) is 4.79 Å². The molecule has 0 aliphatic rings. The summed E-state index contributed by atoms with van der Waals surface area (Å²) in [6.07, 6.45) is 4.28. The highest BCUT2D eigenvalue weighted by atomic mass is 31.0. The van der Waals surface area contributed by atoms with Gasteiger partial charge in [-0.15, -0.1) is 9.24 Å². The molecule has 0 radical (unpaired) electrons. The number of carbonyl (C=O) groups is 1. The molecule has 0 aromatic rings. The van der Waals surface area contributed by atoms with Crippen molar-refractivity contribution in [3.8, 4) is 0 Å². The molecule has 0 spiro atoms. The number of nitrogens with one attached hydrogen (secondary N) is 1. The molecule has 0 fully saturated rings. The Balaban J connectivity index is 4.03. The molecule has 3 nitrogen and oxygen atoms in total. The van der Waals surface area contributed by atoms with Gasteiger partial charge in [0.2, 0.25) is 5.91 Å². The van der Waals surface area contributed by atoms with Crippen molar-refractivity contribution in [1.82, 2.24) is 5.32 Å². The third-order valence-corrected chi connectivity index (χ3v) is 2.74. The number of rotatable bonds is 5. The molecular formula is C10H22N2OP+. The Bertz CT molecular complexity index is 209. The van der Waals surface area contributed by atoms with E-state index in [1.165, 1.54) is 0 Å². The van der Waals surface area contributed by atoms with E-state index < -0.39 is 0 Å². The summed E-state index contributed by atoms with van der Waals surface area (Å²) in [6, 6.07) is 0.439. The molecular weight excluding hydrogens is 195 g/mol. The number of allylic oxidation sites excluding steroid dienone is 1. The van der Waals surface area contributed by atoms with Crippen LogP contribution < -0.4 is 5.32 Å². The first-order valence-corrected chi connectivity index (χ1v) is 5.65. The van der Waals surface area contributed by atoms with Gasteiger partial charge < -0.3 is 9.80 Å². The second-order valence-corrected chi connectivity index (χ2v) is 4.72. The lowest BCUT2D eigenvalue weighted by atomic mass is 10.2. The molecule has 0 rings (SSSR count). The molecule has 0 bridgehead atoms. The van der Waals surface area contributed by atoms with E-state index in [9.17, 15) is 4.79 Å². The van der Waals surface area contributed by atoms with E-state index in [2.05, 4.69) is 35.7 Å². The van der Waals surface area contributed by atoms with Crippen molar-refractivity contribution < 1.29 is 9.28 Å². The molecule has 4 heteroatoms.